The number of hydrogen-bond acceptors (Lipinski definition) is 2. The molecule has 0 spiro atoms. The number of carbonyl (C=O) groups excluding carboxylic acids is 1. The molecule has 1 aliphatic rings. The molecule has 1 aromatic carbocycles. The zero-order valence-corrected chi connectivity index (χ0v) is 10.7. The number of benzene rings is 1. The summed E-state index contributed by atoms with van der Waals surface area (Å²) in [6, 6.07) is 3.96. The summed E-state index contributed by atoms with van der Waals surface area (Å²) in [6.07, 6.45) is 1.73. The number of aliphatic hydroxyl groups is 1. The van der Waals surface area contributed by atoms with Crippen LogP contribution < -0.4 is 0 Å². The summed E-state index contributed by atoms with van der Waals surface area (Å²) in [6.45, 7) is 1.13. The zero-order valence-electron chi connectivity index (χ0n) is 9.90. The maximum atomic E-state index is 13.6. The highest BCUT2D eigenvalue weighted by molar-refractivity contribution is 6.31. The number of halogens is 2. The lowest BCUT2D eigenvalue weighted by Gasteiger charge is -2.32. The molecule has 1 amide bonds. The van der Waals surface area contributed by atoms with Gasteiger partial charge >= 0.3 is 0 Å². The van der Waals surface area contributed by atoms with E-state index < -0.39 is 5.82 Å². The molecule has 0 radical (unpaired) electrons. The maximum absolute atomic E-state index is 13.6. The molecule has 98 valence electrons. The number of hydrogen-bond donors (Lipinski definition) is 1. The van der Waals surface area contributed by atoms with Gasteiger partial charge in [-0.1, -0.05) is 11.6 Å². The summed E-state index contributed by atoms with van der Waals surface area (Å²) >= 11 is 5.78. The van der Waals surface area contributed by atoms with Crippen LogP contribution in [0.1, 0.15) is 23.2 Å². The van der Waals surface area contributed by atoms with Crippen molar-refractivity contribution in [3.05, 3.63) is 34.6 Å². The van der Waals surface area contributed by atoms with E-state index in [-0.39, 0.29) is 24.0 Å². The molecule has 1 unspecified atom stereocenters. The van der Waals surface area contributed by atoms with E-state index in [1.807, 2.05) is 0 Å². The molecule has 0 saturated carbocycles. The van der Waals surface area contributed by atoms with Crippen LogP contribution in [0.2, 0.25) is 5.02 Å². The minimum Gasteiger partial charge on any atom is -0.396 e. The number of piperidine rings is 1. The Hall–Kier alpha value is -1.13. The average molecular weight is 272 g/mol. The predicted octanol–water partition coefficient (Wildman–Crippen LogP) is 2.32. The summed E-state index contributed by atoms with van der Waals surface area (Å²) in [5, 5.41) is 9.47. The van der Waals surface area contributed by atoms with E-state index in [4.69, 9.17) is 16.7 Å². The molecule has 5 heteroatoms. The summed E-state index contributed by atoms with van der Waals surface area (Å²) in [5.41, 5.74) is 0.00101. The lowest BCUT2D eigenvalue weighted by molar-refractivity contribution is 0.0616. The molecule has 1 aromatic rings. The Morgan fingerprint density at radius 1 is 1.56 bits per heavy atom. The summed E-state index contributed by atoms with van der Waals surface area (Å²) in [7, 11) is 0. The van der Waals surface area contributed by atoms with Crippen LogP contribution in [-0.4, -0.2) is 35.6 Å². The molecular weight excluding hydrogens is 257 g/mol. The number of rotatable bonds is 2. The van der Waals surface area contributed by atoms with Crippen molar-refractivity contribution in [2.45, 2.75) is 12.8 Å². The van der Waals surface area contributed by atoms with Gasteiger partial charge in [-0.05, 0) is 37.0 Å². The van der Waals surface area contributed by atoms with E-state index in [9.17, 15) is 9.18 Å². The third-order valence-corrected chi connectivity index (χ3v) is 3.46. The molecule has 0 aromatic heterocycles. The summed E-state index contributed by atoms with van der Waals surface area (Å²) in [5.74, 6) is -0.825. The fourth-order valence-electron chi connectivity index (χ4n) is 2.23. The number of nitrogens with zero attached hydrogens (tertiary/aromatic N) is 1. The van der Waals surface area contributed by atoms with Gasteiger partial charge in [-0.3, -0.25) is 4.79 Å². The molecule has 1 saturated heterocycles. The molecule has 0 bridgehead atoms. The Bertz CT molecular complexity index is 453. The zero-order chi connectivity index (χ0) is 13.1. The Morgan fingerprint density at radius 2 is 2.33 bits per heavy atom. The third-order valence-electron chi connectivity index (χ3n) is 3.22. The van der Waals surface area contributed by atoms with Crippen molar-refractivity contribution in [3.8, 4) is 0 Å². The second-order valence-electron chi connectivity index (χ2n) is 4.57. The van der Waals surface area contributed by atoms with Crippen LogP contribution in [-0.2, 0) is 0 Å². The van der Waals surface area contributed by atoms with Gasteiger partial charge in [0.05, 0.1) is 5.56 Å². The number of carbonyl (C=O) groups is 1. The first-order valence-corrected chi connectivity index (χ1v) is 6.35. The van der Waals surface area contributed by atoms with Gasteiger partial charge in [0.25, 0.3) is 5.91 Å². The fraction of sp³-hybridized carbons (Fsp3) is 0.462. The molecule has 18 heavy (non-hydrogen) atoms. The second kappa shape index (κ2) is 5.67. The largest absolute Gasteiger partial charge is 0.396 e. The van der Waals surface area contributed by atoms with E-state index in [0.29, 0.717) is 18.1 Å². The Morgan fingerprint density at radius 3 is 3.06 bits per heavy atom. The second-order valence-corrected chi connectivity index (χ2v) is 5.00. The van der Waals surface area contributed by atoms with Crippen molar-refractivity contribution in [2.24, 2.45) is 5.92 Å². The van der Waals surface area contributed by atoms with Crippen molar-refractivity contribution in [1.29, 1.82) is 0 Å². The monoisotopic (exact) mass is 271 g/mol. The van der Waals surface area contributed by atoms with Crippen LogP contribution in [0.25, 0.3) is 0 Å². The normalized spacial score (nSPS) is 19.9. The quantitative estimate of drug-likeness (QED) is 0.897. The standard InChI is InChI=1S/C13H15ClFNO2/c14-10-3-4-12(15)11(6-10)13(18)16-5-1-2-9(7-16)8-17/h3-4,6,9,17H,1-2,5,7-8H2. The highest BCUT2D eigenvalue weighted by Gasteiger charge is 2.25. The fourth-order valence-corrected chi connectivity index (χ4v) is 2.40. The van der Waals surface area contributed by atoms with E-state index in [1.54, 1.807) is 4.90 Å². The van der Waals surface area contributed by atoms with Crippen LogP contribution in [0.4, 0.5) is 4.39 Å². The van der Waals surface area contributed by atoms with Crippen molar-refractivity contribution in [2.75, 3.05) is 19.7 Å². The molecule has 0 aliphatic carbocycles. The van der Waals surface area contributed by atoms with Crippen LogP contribution in [0, 0.1) is 11.7 Å². The van der Waals surface area contributed by atoms with Gasteiger partial charge < -0.3 is 10.0 Å². The molecule has 1 aliphatic heterocycles. The first kappa shape index (κ1) is 13.3. The van der Waals surface area contributed by atoms with Crippen molar-refractivity contribution in [3.63, 3.8) is 0 Å². The first-order chi connectivity index (χ1) is 8.61. The number of aliphatic hydroxyl groups excluding tert-OH is 1. The minimum absolute atomic E-state index is 0.00101. The Kier molecular flexibility index (Phi) is 4.19. The molecule has 1 fully saturated rings. The van der Waals surface area contributed by atoms with Gasteiger partial charge in [0.2, 0.25) is 0 Å². The van der Waals surface area contributed by atoms with Crippen LogP contribution in [0.15, 0.2) is 18.2 Å². The van der Waals surface area contributed by atoms with E-state index in [2.05, 4.69) is 0 Å². The minimum atomic E-state index is -0.560. The topological polar surface area (TPSA) is 40.5 Å². The number of likely N-dealkylation sites (tertiary alicyclic amines) is 1. The third kappa shape index (κ3) is 2.82. The molecule has 1 atom stereocenters. The number of amides is 1. The van der Waals surface area contributed by atoms with Gasteiger partial charge in [-0.15, -0.1) is 0 Å². The molecule has 1 N–H and O–H groups in total. The lowest BCUT2D eigenvalue weighted by Crippen LogP contribution is -2.41. The molecule has 3 nitrogen and oxygen atoms in total. The maximum Gasteiger partial charge on any atom is 0.256 e. The molecule has 2 rings (SSSR count). The van der Waals surface area contributed by atoms with E-state index in [0.717, 1.165) is 12.8 Å². The summed E-state index contributed by atoms with van der Waals surface area (Å²) in [4.78, 5) is 13.8. The van der Waals surface area contributed by atoms with Crippen molar-refractivity contribution >= 4 is 17.5 Å². The van der Waals surface area contributed by atoms with Crippen molar-refractivity contribution in [1.82, 2.24) is 4.90 Å². The first-order valence-electron chi connectivity index (χ1n) is 5.97. The molecule has 1 heterocycles. The van der Waals surface area contributed by atoms with Gasteiger partial charge in [-0.2, -0.15) is 0 Å². The van der Waals surface area contributed by atoms with Crippen molar-refractivity contribution < 1.29 is 14.3 Å². The Labute approximate surface area is 110 Å². The van der Waals surface area contributed by atoms with E-state index >= 15 is 0 Å². The van der Waals surface area contributed by atoms with Gasteiger partial charge in [0.15, 0.2) is 0 Å². The van der Waals surface area contributed by atoms with E-state index in [1.165, 1.54) is 18.2 Å². The highest BCUT2D eigenvalue weighted by atomic mass is 35.5. The van der Waals surface area contributed by atoms with Gasteiger partial charge in [0.1, 0.15) is 5.82 Å². The Balaban J connectivity index is 2.17. The SMILES string of the molecule is O=C(c1cc(Cl)ccc1F)N1CCCC(CO)C1. The average Bonchev–Trinajstić information content (AvgIpc) is 2.41. The molecular formula is C13H15ClFNO2. The van der Waals surface area contributed by atoms with Crippen LogP contribution in [0.3, 0.4) is 0 Å². The smallest absolute Gasteiger partial charge is 0.256 e. The van der Waals surface area contributed by atoms with Gasteiger partial charge in [0, 0.05) is 24.7 Å². The van der Waals surface area contributed by atoms with Gasteiger partial charge in [-0.25, -0.2) is 4.39 Å². The lowest BCUT2D eigenvalue weighted by atomic mass is 9.98. The van der Waals surface area contributed by atoms with Crippen LogP contribution in [0.5, 0.6) is 0 Å². The van der Waals surface area contributed by atoms with Crippen LogP contribution >= 0.6 is 11.6 Å². The summed E-state index contributed by atoms with van der Waals surface area (Å²) < 4.78 is 13.6. The highest BCUT2D eigenvalue weighted by Crippen LogP contribution is 2.21. The predicted molar refractivity (Wildman–Crippen MR) is 67.1 cm³/mol.